The fourth-order valence-electron chi connectivity index (χ4n) is 0.403. The highest BCUT2D eigenvalue weighted by Gasteiger charge is 2.01. The van der Waals surface area contributed by atoms with Crippen molar-refractivity contribution in [3.63, 3.8) is 0 Å². The van der Waals surface area contributed by atoms with Gasteiger partial charge in [0.05, 0.1) is 0 Å². The zero-order valence-corrected chi connectivity index (χ0v) is 5.33. The first-order valence-electron chi connectivity index (χ1n) is 5.72. The van der Waals surface area contributed by atoms with E-state index in [1.807, 2.05) is 0 Å². The van der Waals surface area contributed by atoms with Crippen molar-refractivity contribution >= 4 is 16.5 Å². The molecule has 0 saturated carbocycles. The van der Waals surface area contributed by atoms with Gasteiger partial charge in [0.25, 0.3) is 0 Å². The Bertz CT molecular complexity index is 365. The highest BCUT2D eigenvalue weighted by atomic mass is 32.1. The summed E-state index contributed by atoms with van der Waals surface area (Å²) in [6, 6.07) is 0. The fourth-order valence-corrected chi connectivity index (χ4v) is 0.941. The van der Waals surface area contributed by atoms with Crippen molar-refractivity contribution < 1.29 is 9.60 Å². The van der Waals surface area contributed by atoms with Gasteiger partial charge < -0.3 is 5.73 Å². The van der Waals surface area contributed by atoms with Gasteiger partial charge in [0.15, 0.2) is 5.13 Å². The van der Waals surface area contributed by atoms with Crippen LogP contribution in [-0.4, -0.2) is 4.98 Å². The predicted octanol–water partition coefficient (Wildman–Crippen LogP) is 1.85. The van der Waals surface area contributed by atoms with E-state index < -0.39 is 19.6 Å². The van der Waals surface area contributed by atoms with Gasteiger partial charge >= 0.3 is 0 Å². The summed E-state index contributed by atoms with van der Waals surface area (Å²) >= 11 is 0.708. The normalized spacial score (nSPS) is 26.0. The molecule has 0 saturated heterocycles. The largest absolute Gasteiger partial charge is 0.375 e. The van der Waals surface area contributed by atoms with Crippen LogP contribution < -0.4 is 5.73 Å². The van der Waals surface area contributed by atoms with Crippen molar-refractivity contribution in [3.8, 4) is 0 Å². The lowest BCUT2D eigenvalue weighted by Gasteiger charge is -1.94. The summed E-state index contributed by atoms with van der Waals surface area (Å²) in [6.45, 7) is -5.95. The van der Waals surface area contributed by atoms with Crippen molar-refractivity contribution in [2.45, 2.75) is 19.6 Å². The molecule has 3 heteroatoms. The number of aromatic nitrogens is 1. The molecule has 0 aromatic carbocycles. The lowest BCUT2D eigenvalue weighted by Crippen LogP contribution is -1.78. The molecule has 1 heterocycles. The van der Waals surface area contributed by atoms with Crippen LogP contribution in [0.3, 0.4) is 0 Å². The first-order chi connectivity index (χ1) is 7.00. The van der Waals surface area contributed by atoms with Crippen LogP contribution in [0.1, 0.15) is 34.1 Å². The zero-order chi connectivity index (χ0) is 12.8. The molecule has 0 aliphatic rings. The number of hydrogen-bond donors (Lipinski definition) is 1. The van der Waals surface area contributed by atoms with Gasteiger partial charge in [-0.1, -0.05) is 13.7 Å². The van der Waals surface area contributed by atoms with Crippen LogP contribution >= 0.6 is 11.3 Å². The van der Waals surface area contributed by atoms with Crippen LogP contribution in [0.15, 0.2) is 6.20 Å². The first-order valence-corrected chi connectivity index (χ1v) is 3.03. The molecule has 1 aromatic heterocycles. The second-order valence-electron chi connectivity index (χ2n) is 1.44. The Morgan fingerprint density at radius 2 is 2.78 bits per heavy atom. The molecule has 0 aliphatic carbocycles. The second-order valence-corrected chi connectivity index (χ2v) is 2.50. The summed E-state index contributed by atoms with van der Waals surface area (Å²) in [5.41, 5.74) is 5.32. The van der Waals surface area contributed by atoms with Crippen LogP contribution in [-0.2, 0) is 0 Å². The van der Waals surface area contributed by atoms with Gasteiger partial charge in [-0.3, -0.25) is 0 Å². The Balaban J connectivity index is 3.38. The number of nitrogens with two attached hydrogens (primary N) is 1. The lowest BCUT2D eigenvalue weighted by molar-refractivity contribution is 0.885. The van der Waals surface area contributed by atoms with E-state index in [1.165, 1.54) is 0 Å². The van der Waals surface area contributed by atoms with E-state index in [9.17, 15) is 0 Å². The Morgan fingerprint density at radius 1 is 2.00 bits per heavy atom. The SMILES string of the molecule is [2H]C([2H])([2H])C([2H])(c1cnc(N)s1)C([2H])([2H])[2H]. The fraction of sp³-hybridized carbons (Fsp3) is 0.500. The van der Waals surface area contributed by atoms with Crippen molar-refractivity contribution in [3.05, 3.63) is 11.1 Å². The summed E-state index contributed by atoms with van der Waals surface area (Å²) in [5, 5.41) is 0.0418. The van der Waals surface area contributed by atoms with E-state index in [1.54, 1.807) is 0 Å². The quantitative estimate of drug-likeness (QED) is 0.662. The van der Waals surface area contributed by atoms with E-state index in [-0.39, 0.29) is 10.0 Å². The molecular formula is C6H10N2S. The molecule has 50 valence electrons. The highest BCUT2D eigenvalue weighted by Crippen LogP contribution is 2.22. The molecule has 0 fully saturated rings. The number of nitrogen functional groups attached to an aromatic ring is 1. The van der Waals surface area contributed by atoms with Crippen LogP contribution in [0.2, 0.25) is 0 Å². The maximum atomic E-state index is 7.77. The third-order valence-corrected chi connectivity index (χ3v) is 1.61. The molecule has 1 aromatic rings. The van der Waals surface area contributed by atoms with E-state index in [0.717, 1.165) is 6.20 Å². The molecule has 0 radical (unpaired) electrons. The second kappa shape index (κ2) is 2.35. The molecule has 2 nitrogen and oxygen atoms in total. The Morgan fingerprint density at radius 3 is 3.22 bits per heavy atom. The van der Waals surface area contributed by atoms with Crippen molar-refractivity contribution in [2.75, 3.05) is 5.73 Å². The Labute approximate surface area is 68.6 Å². The van der Waals surface area contributed by atoms with Crippen molar-refractivity contribution in [2.24, 2.45) is 0 Å². The van der Waals surface area contributed by atoms with Crippen molar-refractivity contribution in [1.82, 2.24) is 4.98 Å². The van der Waals surface area contributed by atoms with Crippen LogP contribution in [0.4, 0.5) is 5.13 Å². The van der Waals surface area contributed by atoms with Crippen LogP contribution in [0.25, 0.3) is 0 Å². The molecule has 0 unspecified atom stereocenters. The van der Waals surface area contributed by atoms with Gasteiger partial charge in [-0.2, -0.15) is 0 Å². The number of thiazole rings is 1. The summed E-state index contributed by atoms with van der Waals surface area (Å²) in [6.07, 6.45) is 1.03. The van der Waals surface area contributed by atoms with Gasteiger partial charge in [0.2, 0.25) is 0 Å². The van der Waals surface area contributed by atoms with Gasteiger partial charge in [-0.05, 0) is 5.89 Å². The van der Waals surface area contributed by atoms with Gasteiger partial charge in [-0.15, -0.1) is 11.3 Å². The number of nitrogens with zero attached hydrogens (tertiary/aromatic N) is 1. The summed E-state index contributed by atoms with van der Waals surface area (Å²) < 4.78 is 51.0. The predicted molar refractivity (Wildman–Crippen MR) is 40.6 cm³/mol. The highest BCUT2D eigenvalue weighted by molar-refractivity contribution is 7.15. The Hall–Kier alpha value is -0.570. The average molecular weight is 149 g/mol. The molecule has 0 atom stereocenters. The van der Waals surface area contributed by atoms with E-state index in [4.69, 9.17) is 15.3 Å². The van der Waals surface area contributed by atoms with Gasteiger partial charge in [0, 0.05) is 20.7 Å². The maximum absolute atomic E-state index is 7.77. The Kier molecular flexibility index (Phi) is 0.511. The van der Waals surface area contributed by atoms with E-state index in [0.29, 0.717) is 11.3 Å². The number of anilines is 1. The van der Waals surface area contributed by atoms with E-state index >= 15 is 0 Å². The van der Waals surface area contributed by atoms with Gasteiger partial charge in [0.1, 0.15) is 0 Å². The third kappa shape index (κ3) is 1.42. The lowest BCUT2D eigenvalue weighted by atomic mass is 10.2. The molecule has 0 bridgehead atoms. The minimum Gasteiger partial charge on any atom is -0.375 e. The molecule has 0 aliphatic heterocycles. The molecule has 1 rings (SSSR count). The van der Waals surface area contributed by atoms with E-state index in [2.05, 4.69) is 4.98 Å². The van der Waals surface area contributed by atoms with Crippen LogP contribution in [0, 0.1) is 0 Å². The number of rotatable bonds is 1. The molecule has 2 N–H and O–H groups in total. The maximum Gasteiger partial charge on any atom is 0.180 e. The summed E-state index contributed by atoms with van der Waals surface area (Å²) in [7, 11) is 0. The average Bonchev–Trinajstić information content (AvgIpc) is 2.46. The molecule has 0 amide bonds. The topological polar surface area (TPSA) is 38.9 Å². The molecule has 0 spiro atoms. The number of hydrogen-bond acceptors (Lipinski definition) is 3. The monoisotopic (exact) mass is 149 g/mol. The zero-order valence-electron chi connectivity index (χ0n) is 11.5. The first kappa shape index (κ1) is 1.95. The van der Waals surface area contributed by atoms with Gasteiger partial charge in [-0.25, -0.2) is 4.98 Å². The van der Waals surface area contributed by atoms with Crippen molar-refractivity contribution in [1.29, 1.82) is 0 Å². The molecule has 9 heavy (non-hydrogen) atoms. The minimum atomic E-state index is -2.97. The summed E-state index contributed by atoms with van der Waals surface area (Å²) in [4.78, 5) is 3.41. The third-order valence-electron chi connectivity index (χ3n) is 0.770. The van der Waals surface area contributed by atoms with Crippen LogP contribution in [0.5, 0.6) is 0 Å². The summed E-state index contributed by atoms with van der Waals surface area (Å²) in [5.74, 6) is -2.69. The molecular weight excluding hydrogens is 132 g/mol. The standard InChI is InChI=1S/C6H10N2S/c1-4(2)5-3-8-6(7)9-5/h3-4H,1-2H3,(H2,7,8)/i1D3,2D3,4D. The minimum absolute atomic E-state index is 0.0418. The smallest absolute Gasteiger partial charge is 0.180 e.